The van der Waals surface area contributed by atoms with Gasteiger partial charge in [-0.05, 0) is 37.1 Å². The molecule has 0 aliphatic carbocycles. The van der Waals surface area contributed by atoms with Gasteiger partial charge < -0.3 is 10.2 Å². The molecule has 1 atom stereocenters. The van der Waals surface area contributed by atoms with Gasteiger partial charge in [0, 0.05) is 31.0 Å². The van der Waals surface area contributed by atoms with E-state index in [1.54, 1.807) is 10.3 Å². The normalized spacial score (nSPS) is 17.0. The average molecular weight is 375 g/mol. The van der Waals surface area contributed by atoms with Crippen molar-refractivity contribution in [2.75, 3.05) is 18.4 Å². The molecule has 0 bridgehead atoms. The summed E-state index contributed by atoms with van der Waals surface area (Å²) in [5.74, 6) is -1.33. The molecule has 0 unspecified atom stereocenters. The number of hydrogen-bond acceptors (Lipinski definition) is 5. The molecule has 2 heterocycles. The number of likely N-dealkylation sites (tertiary alicyclic amines) is 1. The molecule has 1 fully saturated rings. The van der Waals surface area contributed by atoms with Gasteiger partial charge in [0.05, 0.1) is 5.92 Å². The van der Waals surface area contributed by atoms with Gasteiger partial charge in [0.15, 0.2) is 10.9 Å². The van der Waals surface area contributed by atoms with Crippen molar-refractivity contribution in [3.05, 3.63) is 46.7 Å². The van der Waals surface area contributed by atoms with Gasteiger partial charge in [0.1, 0.15) is 11.5 Å². The minimum atomic E-state index is -0.397. The second-order valence-electron chi connectivity index (χ2n) is 6.18. The zero-order valence-corrected chi connectivity index (χ0v) is 15.0. The first kappa shape index (κ1) is 18.2. The van der Waals surface area contributed by atoms with Gasteiger partial charge in [-0.1, -0.05) is 0 Å². The number of nitrogens with one attached hydrogen (secondary N) is 1. The molecular weight excluding hydrogens is 357 g/mol. The minimum absolute atomic E-state index is 0.157. The summed E-state index contributed by atoms with van der Waals surface area (Å²) in [7, 11) is 0. The molecule has 3 rings (SSSR count). The number of ketones is 1. The van der Waals surface area contributed by atoms with Gasteiger partial charge in [-0.25, -0.2) is 9.37 Å². The highest BCUT2D eigenvalue weighted by Crippen LogP contribution is 2.22. The first-order chi connectivity index (χ1) is 12.4. The number of aromatic nitrogens is 1. The Morgan fingerprint density at radius 2 is 2.00 bits per heavy atom. The molecule has 1 aliphatic rings. The lowest BCUT2D eigenvalue weighted by atomic mass is 9.96. The van der Waals surface area contributed by atoms with Crippen molar-refractivity contribution in [3.8, 4) is 0 Å². The quantitative estimate of drug-likeness (QED) is 0.833. The third kappa shape index (κ3) is 4.13. The van der Waals surface area contributed by atoms with Crippen LogP contribution in [-0.4, -0.2) is 40.6 Å². The van der Waals surface area contributed by atoms with Gasteiger partial charge in [-0.15, -0.1) is 11.3 Å². The number of amides is 2. The van der Waals surface area contributed by atoms with Crippen LogP contribution in [0.2, 0.25) is 0 Å². The van der Waals surface area contributed by atoms with E-state index in [0.29, 0.717) is 42.3 Å². The molecule has 0 spiro atoms. The Morgan fingerprint density at radius 3 is 2.65 bits per heavy atom. The summed E-state index contributed by atoms with van der Waals surface area (Å²) in [6.45, 7) is 2.28. The van der Waals surface area contributed by atoms with E-state index in [1.807, 2.05) is 0 Å². The van der Waals surface area contributed by atoms with E-state index in [1.165, 1.54) is 42.5 Å². The van der Waals surface area contributed by atoms with Crippen LogP contribution >= 0.6 is 11.3 Å². The topological polar surface area (TPSA) is 79.4 Å². The Kier molecular flexibility index (Phi) is 5.41. The van der Waals surface area contributed by atoms with Crippen LogP contribution in [0.3, 0.4) is 0 Å². The largest absolute Gasteiger partial charge is 0.338 e. The second-order valence-corrected chi connectivity index (χ2v) is 7.04. The van der Waals surface area contributed by atoms with E-state index in [4.69, 9.17) is 0 Å². The van der Waals surface area contributed by atoms with E-state index < -0.39 is 5.82 Å². The lowest BCUT2D eigenvalue weighted by Crippen LogP contribution is -2.43. The van der Waals surface area contributed by atoms with Gasteiger partial charge in [-0.2, -0.15) is 0 Å². The van der Waals surface area contributed by atoms with Gasteiger partial charge in [-0.3, -0.25) is 14.4 Å². The van der Waals surface area contributed by atoms with Crippen LogP contribution in [0.5, 0.6) is 0 Å². The number of hydrogen-bond donors (Lipinski definition) is 1. The van der Waals surface area contributed by atoms with Crippen LogP contribution in [0.1, 0.15) is 40.6 Å². The Labute approximate surface area is 154 Å². The van der Waals surface area contributed by atoms with Crippen molar-refractivity contribution in [2.45, 2.75) is 19.8 Å². The minimum Gasteiger partial charge on any atom is -0.338 e. The van der Waals surface area contributed by atoms with E-state index in [9.17, 15) is 18.8 Å². The summed E-state index contributed by atoms with van der Waals surface area (Å²) in [6.07, 6.45) is 1.38. The highest BCUT2D eigenvalue weighted by molar-refractivity contribution is 7.14. The van der Waals surface area contributed by atoms with Crippen LogP contribution < -0.4 is 5.32 Å². The van der Waals surface area contributed by atoms with Gasteiger partial charge >= 0.3 is 0 Å². The maximum atomic E-state index is 13.0. The lowest BCUT2D eigenvalue weighted by molar-refractivity contribution is -0.121. The highest BCUT2D eigenvalue weighted by atomic mass is 32.1. The van der Waals surface area contributed by atoms with Crippen LogP contribution in [0.25, 0.3) is 0 Å². The predicted octanol–water partition coefficient (Wildman–Crippen LogP) is 2.98. The molecule has 136 valence electrons. The Hall–Kier alpha value is -2.61. The molecule has 1 aromatic heterocycles. The number of piperidine rings is 1. The van der Waals surface area contributed by atoms with E-state index >= 15 is 0 Å². The molecule has 26 heavy (non-hydrogen) atoms. The Balaban J connectivity index is 1.63. The standard InChI is InChI=1S/C18H18FN3O3S/c1-11(23)15-10-26-18(20-15)21-16(24)13-3-2-8-22(9-13)17(25)12-4-6-14(19)7-5-12/h4-7,10,13H,2-3,8-9H2,1H3,(H,20,21,24)/t13-/m0/s1. The highest BCUT2D eigenvalue weighted by Gasteiger charge is 2.29. The van der Waals surface area contributed by atoms with Crippen molar-refractivity contribution in [1.29, 1.82) is 0 Å². The summed E-state index contributed by atoms with van der Waals surface area (Å²) in [4.78, 5) is 42.0. The van der Waals surface area contributed by atoms with E-state index in [-0.39, 0.29) is 23.5 Å². The summed E-state index contributed by atoms with van der Waals surface area (Å²) >= 11 is 1.20. The van der Waals surface area contributed by atoms with Crippen LogP contribution in [0.15, 0.2) is 29.6 Å². The zero-order chi connectivity index (χ0) is 18.7. The SMILES string of the molecule is CC(=O)c1csc(NC(=O)[C@H]2CCCN(C(=O)c3ccc(F)cc3)C2)n1. The number of carbonyl (C=O) groups excluding carboxylic acids is 3. The summed E-state index contributed by atoms with van der Waals surface area (Å²) in [5.41, 5.74) is 0.723. The third-order valence-corrected chi connectivity index (χ3v) is 5.02. The Morgan fingerprint density at radius 1 is 1.27 bits per heavy atom. The summed E-state index contributed by atoms with van der Waals surface area (Å²) < 4.78 is 13.0. The van der Waals surface area contributed by atoms with Crippen molar-refractivity contribution < 1.29 is 18.8 Å². The fourth-order valence-electron chi connectivity index (χ4n) is 2.85. The van der Waals surface area contributed by atoms with Crippen LogP contribution in [0.4, 0.5) is 9.52 Å². The monoisotopic (exact) mass is 375 g/mol. The third-order valence-electron chi connectivity index (χ3n) is 4.27. The molecule has 0 radical (unpaired) electrons. The lowest BCUT2D eigenvalue weighted by Gasteiger charge is -2.32. The average Bonchev–Trinajstić information content (AvgIpc) is 3.11. The van der Waals surface area contributed by atoms with E-state index in [2.05, 4.69) is 10.3 Å². The fraction of sp³-hybridized carbons (Fsp3) is 0.333. The maximum Gasteiger partial charge on any atom is 0.253 e. The van der Waals surface area contributed by atoms with Crippen molar-refractivity contribution in [3.63, 3.8) is 0 Å². The molecule has 1 N–H and O–H groups in total. The fourth-order valence-corrected chi connectivity index (χ4v) is 3.60. The number of nitrogens with zero attached hydrogens (tertiary/aromatic N) is 2. The molecule has 0 saturated carbocycles. The molecule has 6 nitrogen and oxygen atoms in total. The number of Topliss-reactive ketones (excluding diaryl/α,β-unsaturated/α-hetero) is 1. The Bertz CT molecular complexity index is 834. The predicted molar refractivity (Wildman–Crippen MR) is 95.8 cm³/mol. The van der Waals surface area contributed by atoms with Crippen molar-refractivity contribution >= 4 is 34.1 Å². The number of thiazole rings is 1. The smallest absolute Gasteiger partial charge is 0.253 e. The van der Waals surface area contributed by atoms with Gasteiger partial charge in [0.2, 0.25) is 5.91 Å². The molecule has 2 amide bonds. The number of benzene rings is 1. The maximum absolute atomic E-state index is 13.0. The molecule has 1 saturated heterocycles. The number of rotatable bonds is 4. The van der Waals surface area contributed by atoms with Gasteiger partial charge in [0.25, 0.3) is 5.91 Å². The first-order valence-corrected chi connectivity index (χ1v) is 9.14. The first-order valence-electron chi connectivity index (χ1n) is 8.26. The van der Waals surface area contributed by atoms with E-state index in [0.717, 1.165) is 0 Å². The number of carbonyl (C=O) groups is 3. The molecular formula is C18H18FN3O3S. The summed E-state index contributed by atoms with van der Waals surface area (Å²) in [6, 6.07) is 5.38. The van der Waals surface area contributed by atoms with Crippen molar-refractivity contribution in [2.24, 2.45) is 5.92 Å². The second kappa shape index (κ2) is 7.74. The molecule has 1 aliphatic heterocycles. The summed E-state index contributed by atoms with van der Waals surface area (Å²) in [5, 5.41) is 4.70. The molecule has 1 aromatic carbocycles. The zero-order valence-electron chi connectivity index (χ0n) is 14.2. The number of halogens is 1. The van der Waals surface area contributed by atoms with Crippen molar-refractivity contribution in [1.82, 2.24) is 9.88 Å². The van der Waals surface area contributed by atoms with Crippen LogP contribution in [0, 0.1) is 11.7 Å². The molecule has 2 aromatic rings. The van der Waals surface area contributed by atoms with Crippen LogP contribution in [-0.2, 0) is 4.79 Å². The molecule has 8 heteroatoms. The number of anilines is 1.